The fourth-order valence-electron chi connectivity index (χ4n) is 5.10. The van der Waals surface area contributed by atoms with Gasteiger partial charge < -0.3 is 14.2 Å². The molecule has 202 valence electrons. The molecule has 0 saturated carbocycles. The van der Waals surface area contributed by atoms with Crippen LogP contribution in [-0.2, 0) is 9.59 Å². The van der Waals surface area contributed by atoms with E-state index in [2.05, 4.69) is 16.3 Å². The minimum Gasteiger partial charge on any atom is -0.461 e. The van der Waals surface area contributed by atoms with E-state index in [0.29, 0.717) is 36.4 Å². The average Bonchev–Trinajstić information content (AvgIpc) is 3.63. The molecule has 0 aliphatic carbocycles. The van der Waals surface area contributed by atoms with Crippen LogP contribution in [-0.4, -0.2) is 67.8 Å². The van der Waals surface area contributed by atoms with Crippen LogP contribution in [0, 0.1) is 6.92 Å². The molecule has 0 bridgehead atoms. The number of furan rings is 1. The highest BCUT2D eigenvalue weighted by atomic mass is 32.2. The molecule has 9 heteroatoms. The van der Waals surface area contributed by atoms with Crippen LogP contribution in [0.1, 0.15) is 37.3 Å². The van der Waals surface area contributed by atoms with Gasteiger partial charge in [0.1, 0.15) is 0 Å². The SMILES string of the molecule is CCC(C(=O)N1CCN(C(=O)CSc2nnc(-c3ccco3)n2-c2cccc(C)c2)CC1C)c1ccccc1. The van der Waals surface area contributed by atoms with Crippen LogP contribution < -0.4 is 0 Å². The van der Waals surface area contributed by atoms with Gasteiger partial charge in [-0.1, -0.05) is 61.2 Å². The summed E-state index contributed by atoms with van der Waals surface area (Å²) in [5, 5.41) is 9.39. The van der Waals surface area contributed by atoms with E-state index < -0.39 is 0 Å². The van der Waals surface area contributed by atoms with Gasteiger partial charge in [0.05, 0.1) is 23.6 Å². The monoisotopic (exact) mass is 543 g/mol. The molecular weight excluding hydrogens is 510 g/mol. The molecule has 1 aliphatic rings. The van der Waals surface area contributed by atoms with Crippen LogP contribution in [0.2, 0.25) is 0 Å². The lowest BCUT2D eigenvalue weighted by Crippen LogP contribution is -2.56. The van der Waals surface area contributed by atoms with E-state index in [9.17, 15) is 9.59 Å². The Kier molecular flexibility index (Phi) is 8.16. The van der Waals surface area contributed by atoms with Crippen molar-refractivity contribution in [2.45, 2.75) is 44.3 Å². The van der Waals surface area contributed by atoms with Gasteiger partial charge in [-0.3, -0.25) is 14.2 Å². The van der Waals surface area contributed by atoms with E-state index in [1.54, 1.807) is 6.26 Å². The fourth-order valence-corrected chi connectivity index (χ4v) is 5.95. The van der Waals surface area contributed by atoms with Crippen LogP contribution in [0.25, 0.3) is 17.3 Å². The van der Waals surface area contributed by atoms with E-state index in [1.807, 2.05) is 95.8 Å². The summed E-state index contributed by atoms with van der Waals surface area (Å²) in [5.74, 6) is 1.41. The lowest BCUT2D eigenvalue weighted by Gasteiger charge is -2.41. The van der Waals surface area contributed by atoms with Crippen molar-refractivity contribution in [1.29, 1.82) is 0 Å². The standard InChI is InChI=1S/C30H33N5O3S/c1-4-25(23-11-6-5-7-12-23)29(37)34-16-15-33(19-22(34)3)27(36)20-39-30-32-31-28(26-14-9-17-38-26)35(30)24-13-8-10-21(2)18-24/h5-14,17-18,22,25H,4,15-16,19-20H2,1-3H3. The topological polar surface area (TPSA) is 84.5 Å². The third kappa shape index (κ3) is 5.78. The van der Waals surface area contributed by atoms with Gasteiger partial charge in [-0.2, -0.15) is 0 Å². The number of amides is 2. The molecule has 0 radical (unpaired) electrons. The second kappa shape index (κ2) is 11.9. The molecule has 1 aliphatic heterocycles. The number of nitrogens with zero attached hydrogens (tertiary/aromatic N) is 5. The van der Waals surface area contributed by atoms with E-state index in [4.69, 9.17) is 4.42 Å². The number of hydrogen-bond donors (Lipinski definition) is 0. The smallest absolute Gasteiger partial charge is 0.233 e. The number of carbonyl (C=O) groups is 2. The highest BCUT2D eigenvalue weighted by molar-refractivity contribution is 7.99. The van der Waals surface area contributed by atoms with Crippen LogP contribution in [0.15, 0.2) is 82.6 Å². The van der Waals surface area contributed by atoms with Crippen molar-refractivity contribution in [2.75, 3.05) is 25.4 Å². The van der Waals surface area contributed by atoms with Gasteiger partial charge >= 0.3 is 0 Å². The van der Waals surface area contributed by atoms with Crippen molar-refractivity contribution in [3.63, 3.8) is 0 Å². The Hall–Kier alpha value is -3.85. The van der Waals surface area contributed by atoms with Crippen molar-refractivity contribution in [3.05, 3.63) is 84.1 Å². The Morgan fingerprint density at radius 2 is 1.87 bits per heavy atom. The van der Waals surface area contributed by atoms with Crippen molar-refractivity contribution in [3.8, 4) is 17.3 Å². The predicted molar refractivity (Wildman–Crippen MR) is 152 cm³/mol. The summed E-state index contributed by atoms with van der Waals surface area (Å²) in [5.41, 5.74) is 3.06. The lowest BCUT2D eigenvalue weighted by atomic mass is 9.94. The molecule has 2 aromatic heterocycles. The van der Waals surface area contributed by atoms with Gasteiger partial charge in [-0.25, -0.2) is 0 Å². The zero-order valence-corrected chi connectivity index (χ0v) is 23.3. The zero-order valence-electron chi connectivity index (χ0n) is 22.5. The van der Waals surface area contributed by atoms with Gasteiger partial charge in [-0.15, -0.1) is 10.2 Å². The van der Waals surface area contributed by atoms with Gasteiger partial charge in [0.25, 0.3) is 0 Å². The molecule has 8 nitrogen and oxygen atoms in total. The molecule has 1 fully saturated rings. The van der Waals surface area contributed by atoms with Crippen LogP contribution in [0.4, 0.5) is 0 Å². The summed E-state index contributed by atoms with van der Waals surface area (Å²) in [6.45, 7) is 7.66. The number of benzene rings is 2. The van der Waals surface area contributed by atoms with Crippen molar-refractivity contribution >= 4 is 23.6 Å². The lowest BCUT2D eigenvalue weighted by molar-refractivity contribution is -0.142. The Bertz CT molecular complexity index is 1420. The molecule has 0 N–H and O–H groups in total. The predicted octanol–water partition coefficient (Wildman–Crippen LogP) is 5.18. The first-order valence-electron chi connectivity index (χ1n) is 13.3. The normalized spacial score (nSPS) is 16.3. The van der Waals surface area contributed by atoms with Gasteiger partial charge in [0, 0.05) is 25.7 Å². The fraction of sp³-hybridized carbons (Fsp3) is 0.333. The number of aryl methyl sites for hydroxylation is 1. The molecule has 2 atom stereocenters. The molecular formula is C30H33N5O3S. The van der Waals surface area contributed by atoms with E-state index in [-0.39, 0.29) is 29.5 Å². The summed E-state index contributed by atoms with van der Waals surface area (Å²) < 4.78 is 7.53. The minimum absolute atomic E-state index is 0.0207. The van der Waals surface area contributed by atoms with Crippen LogP contribution in [0.5, 0.6) is 0 Å². The van der Waals surface area contributed by atoms with Gasteiger partial charge in [0.2, 0.25) is 17.6 Å². The summed E-state index contributed by atoms with van der Waals surface area (Å²) in [7, 11) is 0. The molecule has 5 rings (SSSR count). The van der Waals surface area contributed by atoms with Crippen LogP contribution in [0.3, 0.4) is 0 Å². The molecule has 39 heavy (non-hydrogen) atoms. The molecule has 0 spiro atoms. The molecule has 1 saturated heterocycles. The minimum atomic E-state index is -0.164. The number of piperazine rings is 1. The number of rotatable bonds is 8. The van der Waals surface area contributed by atoms with Crippen LogP contribution >= 0.6 is 11.8 Å². The first kappa shape index (κ1) is 26.7. The summed E-state index contributed by atoms with van der Waals surface area (Å²) >= 11 is 1.36. The second-order valence-electron chi connectivity index (χ2n) is 9.84. The number of hydrogen-bond acceptors (Lipinski definition) is 6. The maximum atomic E-state index is 13.4. The second-order valence-corrected chi connectivity index (χ2v) is 10.8. The van der Waals surface area contributed by atoms with Gasteiger partial charge in [-0.05, 0) is 55.7 Å². The number of thioether (sulfide) groups is 1. The molecule has 2 unspecified atom stereocenters. The quantitative estimate of drug-likeness (QED) is 0.285. The highest BCUT2D eigenvalue weighted by Crippen LogP contribution is 2.29. The van der Waals surface area contributed by atoms with E-state index in [0.717, 1.165) is 23.2 Å². The summed E-state index contributed by atoms with van der Waals surface area (Å²) in [4.78, 5) is 30.5. The van der Waals surface area contributed by atoms with Crippen molar-refractivity contribution < 1.29 is 14.0 Å². The largest absolute Gasteiger partial charge is 0.461 e. The van der Waals surface area contributed by atoms with E-state index >= 15 is 0 Å². The maximum absolute atomic E-state index is 13.4. The summed E-state index contributed by atoms with van der Waals surface area (Å²) in [6.07, 6.45) is 2.35. The Labute approximate surface area is 233 Å². The van der Waals surface area contributed by atoms with Gasteiger partial charge in [0.15, 0.2) is 10.9 Å². The van der Waals surface area contributed by atoms with Crippen molar-refractivity contribution in [1.82, 2.24) is 24.6 Å². The van der Waals surface area contributed by atoms with E-state index in [1.165, 1.54) is 11.8 Å². The molecule has 2 amide bonds. The first-order chi connectivity index (χ1) is 19.0. The third-order valence-electron chi connectivity index (χ3n) is 7.13. The average molecular weight is 544 g/mol. The Morgan fingerprint density at radius 1 is 1.05 bits per heavy atom. The molecule has 4 aromatic rings. The third-order valence-corrected chi connectivity index (χ3v) is 8.04. The Balaban J connectivity index is 1.26. The molecule has 3 heterocycles. The Morgan fingerprint density at radius 3 is 2.56 bits per heavy atom. The number of aromatic nitrogens is 3. The number of carbonyl (C=O) groups excluding carboxylic acids is 2. The zero-order chi connectivity index (χ0) is 27.4. The summed E-state index contributed by atoms with van der Waals surface area (Å²) in [6, 6.07) is 21.6. The van der Waals surface area contributed by atoms with Crippen molar-refractivity contribution in [2.24, 2.45) is 0 Å². The first-order valence-corrected chi connectivity index (χ1v) is 14.3. The molecule has 2 aromatic carbocycles. The highest BCUT2D eigenvalue weighted by Gasteiger charge is 2.33. The maximum Gasteiger partial charge on any atom is 0.233 e.